The summed E-state index contributed by atoms with van der Waals surface area (Å²) in [5, 5.41) is 0. The Morgan fingerprint density at radius 1 is 0.880 bits per heavy atom. The second-order valence-electron chi connectivity index (χ2n) is 6.85. The maximum atomic E-state index is 12.8. The molecule has 0 unspecified atom stereocenters. The van der Waals surface area contributed by atoms with Crippen molar-refractivity contribution in [2.24, 2.45) is 11.1 Å². The smallest absolute Gasteiger partial charge is 0.236 e. The van der Waals surface area contributed by atoms with Gasteiger partial charge in [-0.25, -0.2) is 0 Å². The number of piperazine rings is 1. The minimum atomic E-state index is -0.409. The number of carbonyl (C=O) groups is 2. The molecule has 0 radical (unpaired) electrons. The maximum Gasteiger partial charge on any atom is 0.236 e. The van der Waals surface area contributed by atoms with Gasteiger partial charge in [0.05, 0.1) is 12.0 Å². The Kier molecular flexibility index (Phi) is 11.0. The number of carbonyl (C=O) groups excluding carboxylic acids is 2. The quantitative estimate of drug-likeness (QED) is 0.735. The first-order valence-electron chi connectivity index (χ1n) is 9.06. The van der Waals surface area contributed by atoms with E-state index in [2.05, 4.69) is 4.90 Å². The fourth-order valence-corrected chi connectivity index (χ4v) is 3.63. The van der Waals surface area contributed by atoms with E-state index in [1.165, 1.54) is 0 Å². The van der Waals surface area contributed by atoms with E-state index in [9.17, 15) is 9.59 Å². The van der Waals surface area contributed by atoms with E-state index in [1.54, 1.807) is 0 Å². The van der Waals surface area contributed by atoms with Crippen LogP contribution in [0.3, 0.4) is 0 Å². The summed E-state index contributed by atoms with van der Waals surface area (Å²) in [5.74, 6) is 0.427. The fraction of sp³-hybridized carbons (Fsp3) is 0.882. The molecule has 0 aromatic heterocycles. The highest BCUT2D eigenvalue weighted by atomic mass is 35.5. The van der Waals surface area contributed by atoms with Gasteiger partial charge in [-0.2, -0.15) is 0 Å². The third kappa shape index (κ3) is 5.71. The summed E-state index contributed by atoms with van der Waals surface area (Å²) in [5.41, 5.74) is 5.48. The Labute approximate surface area is 164 Å². The summed E-state index contributed by atoms with van der Waals surface area (Å²) < 4.78 is 0. The molecule has 2 amide bonds. The molecule has 2 N–H and O–H groups in total. The molecule has 0 aromatic rings. The van der Waals surface area contributed by atoms with Gasteiger partial charge >= 0.3 is 0 Å². The van der Waals surface area contributed by atoms with Crippen LogP contribution in [0.5, 0.6) is 0 Å². The van der Waals surface area contributed by atoms with Crippen LogP contribution in [0.15, 0.2) is 0 Å². The van der Waals surface area contributed by atoms with Crippen molar-refractivity contribution in [2.75, 3.05) is 52.4 Å². The van der Waals surface area contributed by atoms with Crippen molar-refractivity contribution in [3.8, 4) is 0 Å². The Hall–Kier alpha value is -0.560. The largest absolute Gasteiger partial charge is 0.342 e. The van der Waals surface area contributed by atoms with Gasteiger partial charge in [-0.3, -0.25) is 14.5 Å². The fourth-order valence-electron chi connectivity index (χ4n) is 3.63. The van der Waals surface area contributed by atoms with E-state index in [-0.39, 0.29) is 36.6 Å². The molecule has 2 rings (SSSR count). The second-order valence-corrected chi connectivity index (χ2v) is 6.85. The van der Waals surface area contributed by atoms with Gasteiger partial charge in [0.1, 0.15) is 0 Å². The summed E-state index contributed by atoms with van der Waals surface area (Å²) in [6, 6.07) is 0. The van der Waals surface area contributed by atoms with Crippen molar-refractivity contribution in [1.82, 2.24) is 14.7 Å². The number of hydrogen-bond donors (Lipinski definition) is 1. The van der Waals surface area contributed by atoms with E-state index in [4.69, 9.17) is 5.73 Å². The number of nitrogens with two attached hydrogens (primary N) is 1. The first-order chi connectivity index (χ1) is 11.1. The van der Waals surface area contributed by atoms with Crippen LogP contribution in [0.4, 0.5) is 0 Å². The molecule has 6 nitrogen and oxygen atoms in total. The minimum Gasteiger partial charge on any atom is -0.342 e. The van der Waals surface area contributed by atoms with Crippen LogP contribution in [-0.4, -0.2) is 78.9 Å². The standard InChI is InChI=1S/C17H32N4O2.2ClH/c1-3-17(4-2,14-18)16(23)21-11-9-19(10-12-21)13-15(22)20-7-5-6-8-20;;/h3-14,18H2,1-2H3;2*1H. The third-order valence-corrected chi connectivity index (χ3v) is 5.68. The molecule has 2 fully saturated rings. The molecule has 0 spiro atoms. The lowest BCUT2D eigenvalue weighted by Crippen LogP contribution is -2.55. The summed E-state index contributed by atoms with van der Waals surface area (Å²) >= 11 is 0. The third-order valence-electron chi connectivity index (χ3n) is 5.68. The molecule has 25 heavy (non-hydrogen) atoms. The predicted octanol–water partition coefficient (Wildman–Crippen LogP) is 1.36. The lowest BCUT2D eigenvalue weighted by Gasteiger charge is -2.40. The highest BCUT2D eigenvalue weighted by Crippen LogP contribution is 2.28. The van der Waals surface area contributed by atoms with E-state index < -0.39 is 5.41 Å². The molecule has 0 bridgehead atoms. The summed E-state index contributed by atoms with van der Waals surface area (Å²) in [6.45, 7) is 9.75. The Balaban J connectivity index is 0.00000288. The number of hydrogen-bond acceptors (Lipinski definition) is 4. The molecule has 2 heterocycles. The minimum absolute atomic E-state index is 0. The molecule has 0 aromatic carbocycles. The van der Waals surface area contributed by atoms with E-state index in [0.717, 1.165) is 51.9 Å². The maximum absolute atomic E-state index is 12.8. The van der Waals surface area contributed by atoms with Crippen LogP contribution in [0.2, 0.25) is 0 Å². The van der Waals surface area contributed by atoms with Crippen LogP contribution >= 0.6 is 24.8 Å². The van der Waals surface area contributed by atoms with Gasteiger partial charge in [-0.15, -0.1) is 24.8 Å². The SMILES string of the molecule is CCC(CC)(CN)C(=O)N1CCN(CC(=O)N2CCCC2)CC1.Cl.Cl. The lowest BCUT2D eigenvalue weighted by molar-refractivity contribution is -0.144. The summed E-state index contributed by atoms with van der Waals surface area (Å²) in [6.07, 6.45) is 3.82. The van der Waals surface area contributed by atoms with E-state index in [0.29, 0.717) is 26.2 Å². The van der Waals surface area contributed by atoms with Crippen LogP contribution in [0.1, 0.15) is 39.5 Å². The van der Waals surface area contributed by atoms with E-state index >= 15 is 0 Å². The van der Waals surface area contributed by atoms with Crippen LogP contribution in [-0.2, 0) is 9.59 Å². The molecule has 2 saturated heterocycles. The zero-order chi connectivity index (χ0) is 16.9. The van der Waals surface area contributed by atoms with Gasteiger partial charge in [0.15, 0.2) is 0 Å². The van der Waals surface area contributed by atoms with Crippen molar-refractivity contribution in [1.29, 1.82) is 0 Å². The molecule has 0 atom stereocenters. The average molecular weight is 397 g/mol. The van der Waals surface area contributed by atoms with Crippen LogP contribution in [0.25, 0.3) is 0 Å². The second kappa shape index (κ2) is 11.2. The van der Waals surface area contributed by atoms with Gasteiger partial charge < -0.3 is 15.5 Å². The predicted molar refractivity (Wildman–Crippen MR) is 105 cm³/mol. The van der Waals surface area contributed by atoms with Gasteiger partial charge in [-0.05, 0) is 25.7 Å². The van der Waals surface area contributed by atoms with Crippen molar-refractivity contribution in [3.63, 3.8) is 0 Å². The zero-order valence-corrected chi connectivity index (χ0v) is 17.2. The topological polar surface area (TPSA) is 69.9 Å². The van der Waals surface area contributed by atoms with Crippen molar-refractivity contribution in [2.45, 2.75) is 39.5 Å². The average Bonchev–Trinajstić information content (AvgIpc) is 3.12. The highest BCUT2D eigenvalue weighted by Gasteiger charge is 2.38. The van der Waals surface area contributed by atoms with Crippen LogP contribution in [0, 0.1) is 5.41 Å². The molecule has 0 aliphatic carbocycles. The first kappa shape index (κ1) is 24.4. The highest BCUT2D eigenvalue weighted by molar-refractivity contribution is 5.85. The molecule has 0 saturated carbocycles. The number of amides is 2. The molecule has 148 valence electrons. The Morgan fingerprint density at radius 3 is 1.84 bits per heavy atom. The van der Waals surface area contributed by atoms with Crippen molar-refractivity contribution >= 4 is 36.6 Å². The summed E-state index contributed by atoms with van der Waals surface area (Å²) in [7, 11) is 0. The van der Waals surface area contributed by atoms with Crippen molar-refractivity contribution < 1.29 is 9.59 Å². The summed E-state index contributed by atoms with van der Waals surface area (Å²) in [4.78, 5) is 31.1. The Morgan fingerprint density at radius 2 is 1.40 bits per heavy atom. The molecule has 2 aliphatic heterocycles. The van der Waals surface area contributed by atoms with Gasteiger partial charge in [-0.1, -0.05) is 13.8 Å². The lowest BCUT2D eigenvalue weighted by atomic mass is 9.81. The van der Waals surface area contributed by atoms with Gasteiger partial charge in [0.2, 0.25) is 11.8 Å². The van der Waals surface area contributed by atoms with Crippen LogP contribution < -0.4 is 5.73 Å². The van der Waals surface area contributed by atoms with Gasteiger partial charge in [0, 0.05) is 45.8 Å². The van der Waals surface area contributed by atoms with Crippen molar-refractivity contribution in [3.05, 3.63) is 0 Å². The number of nitrogens with zero attached hydrogens (tertiary/aromatic N) is 3. The Bertz CT molecular complexity index is 411. The normalized spacial score (nSPS) is 18.5. The zero-order valence-electron chi connectivity index (χ0n) is 15.5. The monoisotopic (exact) mass is 396 g/mol. The molecule has 8 heteroatoms. The van der Waals surface area contributed by atoms with Gasteiger partial charge in [0.25, 0.3) is 0 Å². The molecular weight excluding hydrogens is 363 g/mol. The first-order valence-corrected chi connectivity index (χ1v) is 9.06. The van der Waals surface area contributed by atoms with E-state index in [1.807, 2.05) is 23.6 Å². The molecular formula is C17H34Cl2N4O2. The number of rotatable bonds is 6. The molecule has 2 aliphatic rings. The number of likely N-dealkylation sites (tertiary alicyclic amines) is 1. The number of halogens is 2.